The van der Waals surface area contributed by atoms with Crippen molar-refractivity contribution < 1.29 is 63.4 Å². The Morgan fingerprint density at radius 1 is 0.528 bits per heavy atom. The second-order valence-electron chi connectivity index (χ2n) is 21.2. The summed E-state index contributed by atoms with van der Waals surface area (Å²) in [5.41, 5.74) is 3.98. The van der Waals surface area contributed by atoms with Crippen molar-refractivity contribution in [3.8, 4) is 22.5 Å². The van der Waals surface area contributed by atoms with Crippen molar-refractivity contribution in [2.45, 2.75) is 92.4 Å². The van der Waals surface area contributed by atoms with Gasteiger partial charge in [0.05, 0.1) is 36.3 Å². The number of carbonyl (C=O) groups is 4. The second kappa shape index (κ2) is 32.1. The van der Waals surface area contributed by atoms with Crippen LogP contribution in [0.3, 0.4) is 0 Å². The van der Waals surface area contributed by atoms with Crippen molar-refractivity contribution in [1.29, 1.82) is 0 Å². The minimum atomic E-state index is -0.975. The van der Waals surface area contributed by atoms with Crippen molar-refractivity contribution in [2.24, 2.45) is 0 Å². The number of benzene rings is 2. The summed E-state index contributed by atoms with van der Waals surface area (Å²) in [4.78, 5) is 87.8. The molecular weight excluding hydrogens is 1390 g/mol. The van der Waals surface area contributed by atoms with Gasteiger partial charge in [-0.15, -0.1) is 0 Å². The molecule has 8 heterocycles. The molecule has 2 aromatic carbocycles. The Labute approximate surface area is 527 Å². The normalized spacial score (nSPS) is 13.6. The van der Waals surface area contributed by atoms with E-state index in [1.807, 2.05) is 49.0 Å². The summed E-state index contributed by atoms with van der Waals surface area (Å²) in [5.74, 6) is -2.21. The molecule has 2 amide bonds. The number of pyridine rings is 2. The van der Waals surface area contributed by atoms with Gasteiger partial charge >= 0.3 is 47.3 Å². The van der Waals surface area contributed by atoms with Gasteiger partial charge in [-0.25, -0.2) is 57.4 Å². The van der Waals surface area contributed by atoms with Gasteiger partial charge in [0.2, 0.25) is 23.7 Å². The molecule has 0 saturated carbocycles. The van der Waals surface area contributed by atoms with Crippen LogP contribution >= 0.6 is 18.8 Å². The van der Waals surface area contributed by atoms with Gasteiger partial charge in [-0.05, 0) is 89.1 Å². The number of aryl methyl sites for hydroxylation is 2. The van der Waals surface area contributed by atoms with Crippen LogP contribution in [0.2, 0.25) is 0 Å². The number of imidazole rings is 2. The van der Waals surface area contributed by atoms with Crippen LogP contribution in [0.25, 0.3) is 44.6 Å². The SMILES string of the molecule is Cc1nc2c(F)cc(-c3nc(Nc4ccc(CN5CCN(C(=O)CCC(=O)O)CC5)cn4)ncc3F)cc2n1C(C)C.Cc1nc2c(F)cc(-c3nc(Nc4ccc(CN5CCN(C(=O)CCC(=O)O)CC5)cn4)ncc3F)cc2n1C(C)C.N.N.[Cl][Pt][Cl]. The Balaban J connectivity index is 0.000000266. The average molecular weight is 1460 g/mol. The van der Waals surface area contributed by atoms with Gasteiger partial charge in [0, 0.05) is 114 Å². The summed E-state index contributed by atoms with van der Waals surface area (Å²) in [6, 6.07) is 13.3. The summed E-state index contributed by atoms with van der Waals surface area (Å²) in [7, 11) is 9.75. The van der Waals surface area contributed by atoms with E-state index in [2.05, 4.69) is 60.3 Å². The zero-order chi connectivity index (χ0) is 62.6. The fraction of sp³-hybridized carbons (Fsp3) is 0.379. The molecule has 2 aliphatic rings. The van der Waals surface area contributed by atoms with Crippen LogP contribution in [0.4, 0.5) is 41.1 Å². The molecule has 31 heteroatoms. The van der Waals surface area contributed by atoms with Crippen LogP contribution in [0.5, 0.6) is 0 Å². The molecule has 2 saturated heterocycles. The molecule has 0 bridgehead atoms. The molecule has 10 rings (SSSR count). The first-order chi connectivity index (χ1) is 41.6. The van der Waals surface area contributed by atoms with E-state index in [0.717, 1.165) is 23.5 Å². The van der Waals surface area contributed by atoms with Crippen molar-refractivity contribution >= 4 is 88.2 Å². The maximum atomic E-state index is 15.0. The molecule has 0 atom stereocenters. The molecule has 6 aromatic heterocycles. The van der Waals surface area contributed by atoms with Crippen molar-refractivity contribution in [2.75, 3.05) is 63.0 Å². The Bertz CT molecular complexity index is 3520. The minimum absolute atomic E-state index is 0. The Kier molecular flexibility index (Phi) is 25.3. The summed E-state index contributed by atoms with van der Waals surface area (Å²) in [6.07, 6.45) is 5.23. The van der Waals surface area contributed by atoms with Crippen LogP contribution in [0.15, 0.2) is 73.3 Å². The molecule has 89 heavy (non-hydrogen) atoms. The molecule has 8 aromatic rings. The van der Waals surface area contributed by atoms with Gasteiger partial charge in [-0.2, -0.15) is 0 Å². The molecule has 480 valence electrons. The number of amides is 2. The monoisotopic (exact) mass is 1460 g/mol. The van der Waals surface area contributed by atoms with Gasteiger partial charge in [-0.1, -0.05) is 12.1 Å². The van der Waals surface area contributed by atoms with Gasteiger partial charge in [0.25, 0.3) is 0 Å². The number of aliphatic carboxylic acids is 2. The number of hydrogen-bond acceptors (Lipinski definition) is 18. The molecule has 0 aliphatic carbocycles. The number of carboxylic acid groups (broad SMARTS) is 2. The molecule has 0 spiro atoms. The zero-order valence-corrected chi connectivity index (χ0v) is 53.6. The number of rotatable bonds is 18. The quantitative estimate of drug-likeness (QED) is 0.0435. The Morgan fingerprint density at radius 3 is 1.20 bits per heavy atom. The van der Waals surface area contributed by atoms with Crippen molar-refractivity contribution in [3.05, 3.63) is 119 Å². The summed E-state index contributed by atoms with van der Waals surface area (Å²) >= 11 is -0.472. The molecule has 10 N–H and O–H groups in total. The number of hydrogen-bond donors (Lipinski definition) is 6. The van der Waals surface area contributed by atoms with E-state index in [1.54, 1.807) is 60.3 Å². The summed E-state index contributed by atoms with van der Waals surface area (Å²) in [5, 5.41) is 23.5. The number of carbonyl (C=O) groups excluding carboxylic acids is 2. The van der Waals surface area contributed by atoms with Gasteiger partial charge < -0.3 is 52.1 Å². The molecule has 2 aliphatic heterocycles. The molecule has 24 nitrogen and oxygen atoms in total. The fourth-order valence-corrected chi connectivity index (χ4v) is 10.4. The first-order valence-corrected chi connectivity index (χ1v) is 33.3. The third-order valence-electron chi connectivity index (χ3n) is 14.4. The van der Waals surface area contributed by atoms with Crippen molar-refractivity contribution in [1.82, 2.24) is 80.9 Å². The Hall–Kier alpha value is -7.85. The number of nitrogens with one attached hydrogen (secondary N) is 2. The standard InChI is InChI=1S/2C29H32F2N8O3.2ClH.2H3N.Pt/c2*1-17(2)39-18(3)34-28-21(30)12-20(13-23(28)39)27-22(31)15-33-29(36-27)35-24-5-4-19(14-32-24)16-37-8-10-38(11-9-37)25(40)6-7-26(41)42;;;;;/h2*4-5,12-15,17H,6-11,16H2,1-3H3,(H,41,42)(H,32,33,35,36);2*1H;2*1H3;/q;;;;;;+2/p-2. The molecule has 2 fully saturated rings. The van der Waals surface area contributed by atoms with Crippen LogP contribution in [-0.4, -0.2) is 155 Å². The van der Waals surface area contributed by atoms with Crippen LogP contribution < -0.4 is 22.9 Å². The fourth-order valence-electron chi connectivity index (χ4n) is 10.4. The van der Waals surface area contributed by atoms with E-state index in [-0.39, 0.29) is 107 Å². The van der Waals surface area contributed by atoms with Crippen LogP contribution in [0.1, 0.15) is 88.2 Å². The number of piperazine rings is 2. The molecule has 0 radical (unpaired) electrons. The van der Waals surface area contributed by atoms with Gasteiger partial charge in [-0.3, -0.25) is 29.0 Å². The zero-order valence-electron chi connectivity index (χ0n) is 49.8. The summed E-state index contributed by atoms with van der Waals surface area (Å²) < 4.78 is 63.4. The van der Waals surface area contributed by atoms with E-state index in [1.165, 1.54) is 12.1 Å². The van der Waals surface area contributed by atoms with Crippen LogP contribution in [-0.2, 0) is 48.7 Å². The summed E-state index contributed by atoms with van der Waals surface area (Å²) in [6.45, 7) is 17.7. The maximum absolute atomic E-state index is 15.0. The van der Waals surface area contributed by atoms with E-state index in [9.17, 15) is 36.7 Å². The number of nitrogens with zero attached hydrogens (tertiary/aromatic N) is 14. The number of halogens is 6. The van der Waals surface area contributed by atoms with E-state index in [4.69, 9.17) is 29.0 Å². The number of anilines is 4. The van der Waals surface area contributed by atoms with E-state index < -0.39 is 51.7 Å². The first-order valence-electron chi connectivity index (χ1n) is 27.7. The average Bonchev–Trinajstić information content (AvgIpc) is 2.25. The third-order valence-corrected chi connectivity index (χ3v) is 14.4. The first kappa shape index (κ1) is 70.2. The van der Waals surface area contributed by atoms with Gasteiger partial charge in [0.1, 0.15) is 45.7 Å². The molecule has 0 unspecified atom stereocenters. The van der Waals surface area contributed by atoms with E-state index in [0.29, 0.717) is 99.8 Å². The van der Waals surface area contributed by atoms with Crippen molar-refractivity contribution in [3.63, 3.8) is 0 Å². The second-order valence-corrected chi connectivity index (χ2v) is 24.5. The number of aromatic nitrogens is 10. The number of fused-ring (bicyclic) bond motifs is 2. The predicted octanol–water partition coefficient (Wildman–Crippen LogP) is 10.3. The third kappa shape index (κ3) is 18.2. The van der Waals surface area contributed by atoms with E-state index >= 15 is 0 Å². The topological polar surface area (TPSA) is 329 Å². The van der Waals surface area contributed by atoms with Gasteiger partial charge in [0.15, 0.2) is 23.3 Å². The predicted molar refractivity (Wildman–Crippen MR) is 326 cm³/mol. The number of carboxylic acids is 2. The Morgan fingerprint density at radius 2 is 0.888 bits per heavy atom. The van der Waals surface area contributed by atoms with Crippen LogP contribution in [0, 0.1) is 37.1 Å². The molecular formula is C58H70Cl2F4N18O6Pt.